The fraction of sp³-hybridized carbons (Fsp3) is 0.846. The van der Waals surface area contributed by atoms with Crippen molar-refractivity contribution in [3.63, 3.8) is 0 Å². The lowest BCUT2D eigenvalue weighted by molar-refractivity contribution is -0.143. The molecule has 104 valence electrons. The molecule has 0 spiro atoms. The first-order chi connectivity index (χ1) is 8.58. The Kier molecular flexibility index (Phi) is 6.72. The first-order valence-electron chi connectivity index (χ1n) is 6.64. The van der Waals surface area contributed by atoms with Crippen molar-refractivity contribution in [2.75, 3.05) is 19.8 Å². The minimum absolute atomic E-state index is 0.173. The number of rotatable bonds is 7. The predicted molar refractivity (Wildman–Crippen MR) is 67.2 cm³/mol. The molecular weight excluding hydrogens is 234 g/mol. The second-order valence-corrected chi connectivity index (χ2v) is 5.16. The topological polar surface area (TPSA) is 75.6 Å². The van der Waals surface area contributed by atoms with E-state index in [4.69, 9.17) is 9.84 Å². The van der Waals surface area contributed by atoms with Gasteiger partial charge in [0.1, 0.15) is 13.2 Å². The van der Waals surface area contributed by atoms with Crippen LogP contribution >= 0.6 is 0 Å². The van der Waals surface area contributed by atoms with Gasteiger partial charge in [0.05, 0.1) is 0 Å². The second-order valence-electron chi connectivity index (χ2n) is 5.16. The Morgan fingerprint density at radius 1 is 1.33 bits per heavy atom. The van der Waals surface area contributed by atoms with Crippen LogP contribution in [0.25, 0.3) is 0 Å². The third-order valence-corrected chi connectivity index (χ3v) is 3.38. The van der Waals surface area contributed by atoms with Gasteiger partial charge < -0.3 is 15.2 Å². The molecule has 0 radical (unpaired) electrons. The number of carboxylic acid groups (broad SMARTS) is 1. The molecule has 0 heterocycles. The number of amides is 1. The number of carboxylic acids is 1. The zero-order valence-corrected chi connectivity index (χ0v) is 11.0. The maximum Gasteiger partial charge on any atom is 0.329 e. The van der Waals surface area contributed by atoms with Gasteiger partial charge in [-0.2, -0.15) is 0 Å². The van der Waals surface area contributed by atoms with Gasteiger partial charge in [-0.1, -0.05) is 26.2 Å². The Balaban J connectivity index is 2.02. The van der Waals surface area contributed by atoms with Crippen molar-refractivity contribution in [2.45, 2.75) is 39.0 Å². The number of carbonyl (C=O) groups excluding carboxylic acids is 1. The molecule has 0 aromatic heterocycles. The summed E-state index contributed by atoms with van der Waals surface area (Å²) in [6, 6.07) is 0. The first-order valence-corrected chi connectivity index (χ1v) is 6.64. The summed E-state index contributed by atoms with van der Waals surface area (Å²) in [5, 5.41) is 11.1. The monoisotopic (exact) mass is 257 g/mol. The summed E-state index contributed by atoms with van der Waals surface area (Å²) >= 11 is 0. The highest BCUT2D eigenvalue weighted by Gasteiger charge is 2.18. The van der Waals surface area contributed by atoms with Crippen LogP contribution in [-0.4, -0.2) is 36.7 Å². The molecule has 1 fully saturated rings. The van der Waals surface area contributed by atoms with Gasteiger partial charge in [0.25, 0.3) is 0 Å². The van der Waals surface area contributed by atoms with Gasteiger partial charge >= 0.3 is 5.97 Å². The van der Waals surface area contributed by atoms with E-state index in [0.717, 1.165) is 12.3 Å². The van der Waals surface area contributed by atoms with Gasteiger partial charge in [-0.05, 0) is 24.7 Å². The molecular formula is C13H23NO4. The Bertz CT molecular complexity index is 280. The van der Waals surface area contributed by atoms with Crippen LogP contribution in [0.15, 0.2) is 0 Å². The van der Waals surface area contributed by atoms with E-state index in [1.165, 1.54) is 25.7 Å². The van der Waals surface area contributed by atoms with Crippen LogP contribution in [0.4, 0.5) is 0 Å². The lowest BCUT2D eigenvalue weighted by atomic mass is 9.81. The molecule has 0 bridgehead atoms. The molecule has 0 aromatic rings. The molecule has 1 rings (SSSR count). The van der Waals surface area contributed by atoms with Gasteiger partial charge in [0.2, 0.25) is 5.91 Å². The van der Waals surface area contributed by atoms with Gasteiger partial charge in [-0.15, -0.1) is 0 Å². The zero-order valence-electron chi connectivity index (χ0n) is 11.0. The molecule has 2 N–H and O–H groups in total. The van der Waals surface area contributed by atoms with Crippen molar-refractivity contribution in [1.82, 2.24) is 5.32 Å². The Morgan fingerprint density at radius 3 is 2.78 bits per heavy atom. The molecule has 1 aliphatic carbocycles. The minimum atomic E-state index is -1.06. The van der Waals surface area contributed by atoms with Crippen molar-refractivity contribution in [3.05, 3.63) is 0 Å². The largest absolute Gasteiger partial charge is 0.480 e. The number of hydrogen-bond donors (Lipinski definition) is 2. The molecule has 5 heteroatoms. The van der Waals surface area contributed by atoms with E-state index in [2.05, 4.69) is 12.2 Å². The van der Waals surface area contributed by atoms with Crippen LogP contribution in [0.5, 0.6) is 0 Å². The molecule has 2 atom stereocenters. The summed E-state index contributed by atoms with van der Waals surface area (Å²) < 4.78 is 4.70. The third kappa shape index (κ3) is 6.59. The third-order valence-electron chi connectivity index (χ3n) is 3.38. The highest BCUT2D eigenvalue weighted by atomic mass is 16.5. The molecule has 0 aromatic carbocycles. The first kappa shape index (κ1) is 15.0. The molecule has 2 unspecified atom stereocenters. The van der Waals surface area contributed by atoms with E-state index in [1.807, 2.05) is 0 Å². The lowest BCUT2D eigenvalue weighted by Crippen LogP contribution is -2.30. The number of ether oxygens (including phenoxy) is 1. The second kappa shape index (κ2) is 8.08. The summed E-state index contributed by atoms with van der Waals surface area (Å²) in [5.41, 5.74) is 0. The quantitative estimate of drug-likeness (QED) is 0.723. The van der Waals surface area contributed by atoms with Gasteiger partial charge in [0, 0.05) is 6.54 Å². The summed E-state index contributed by atoms with van der Waals surface area (Å²) in [6.07, 6.45) is 6.14. The van der Waals surface area contributed by atoms with E-state index in [0.29, 0.717) is 12.5 Å². The number of hydrogen-bond acceptors (Lipinski definition) is 3. The van der Waals surface area contributed by atoms with Crippen LogP contribution in [-0.2, 0) is 14.3 Å². The van der Waals surface area contributed by atoms with Crippen molar-refractivity contribution < 1.29 is 19.4 Å². The van der Waals surface area contributed by atoms with E-state index in [1.54, 1.807) is 0 Å². The van der Waals surface area contributed by atoms with Crippen LogP contribution in [0, 0.1) is 11.8 Å². The molecule has 18 heavy (non-hydrogen) atoms. The Morgan fingerprint density at radius 2 is 2.11 bits per heavy atom. The molecule has 5 nitrogen and oxygen atoms in total. The highest BCUT2D eigenvalue weighted by Crippen LogP contribution is 2.30. The molecule has 0 saturated heterocycles. The van der Waals surface area contributed by atoms with Gasteiger partial charge in [-0.25, -0.2) is 4.79 Å². The average Bonchev–Trinajstić information content (AvgIpc) is 2.28. The summed E-state index contributed by atoms with van der Waals surface area (Å²) in [5.74, 6) is 0.228. The van der Waals surface area contributed by atoms with Crippen molar-refractivity contribution in [1.29, 1.82) is 0 Å². The molecule has 1 aliphatic rings. The fourth-order valence-corrected chi connectivity index (χ4v) is 2.52. The number of aliphatic carboxylic acids is 1. The molecule has 1 amide bonds. The summed E-state index contributed by atoms with van der Waals surface area (Å²) in [4.78, 5) is 21.5. The molecule has 1 saturated carbocycles. The summed E-state index contributed by atoms with van der Waals surface area (Å²) in [7, 11) is 0. The average molecular weight is 257 g/mol. The number of nitrogens with one attached hydrogen (secondary N) is 1. The Hall–Kier alpha value is -1.10. The van der Waals surface area contributed by atoms with E-state index in [9.17, 15) is 9.59 Å². The summed E-state index contributed by atoms with van der Waals surface area (Å²) in [6.45, 7) is 2.35. The normalized spacial score (nSPS) is 23.6. The Labute approximate surface area is 108 Å². The van der Waals surface area contributed by atoms with Gasteiger partial charge in [-0.3, -0.25) is 4.79 Å². The minimum Gasteiger partial charge on any atom is -0.480 e. The standard InChI is InChI=1S/C13H23NO4/c1-10-3-2-4-11(7-10)5-6-14-12(15)8-18-9-13(16)17/h10-11H,2-9H2,1H3,(H,14,15)(H,16,17). The number of carbonyl (C=O) groups is 2. The highest BCUT2D eigenvalue weighted by molar-refractivity contribution is 5.77. The van der Waals surface area contributed by atoms with Crippen molar-refractivity contribution >= 4 is 11.9 Å². The van der Waals surface area contributed by atoms with Crippen LogP contribution < -0.4 is 5.32 Å². The maximum atomic E-state index is 11.3. The SMILES string of the molecule is CC1CCCC(CCNC(=O)COCC(=O)O)C1. The van der Waals surface area contributed by atoms with E-state index in [-0.39, 0.29) is 12.5 Å². The van der Waals surface area contributed by atoms with Crippen molar-refractivity contribution in [3.8, 4) is 0 Å². The maximum absolute atomic E-state index is 11.3. The van der Waals surface area contributed by atoms with E-state index >= 15 is 0 Å². The van der Waals surface area contributed by atoms with Crippen LogP contribution in [0.3, 0.4) is 0 Å². The smallest absolute Gasteiger partial charge is 0.329 e. The van der Waals surface area contributed by atoms with Crippen molar-refractivity contribution in [2.24, 2.45) is 11.8 Å². The van der Waals surface area contributed by atoms with E-state index < -0.39 is 12.6 Å². The van der Waals surface area contributed by atoms with Crippen LogP contribution in [0.2, 0.25) is 0 Å². The zero-order chi connectivity index (χ0) is 13.4. The lowest BCUT2D eigenvalue weighted by Gasteiger charge is -2.26. The molecule has 0 aliphatic heterocycles. The predicted octanol–water partition coefficient (Wildman–Crippen LogP) is 1.42. The van der Waals surface area contributed by atoms with Crippen LogP contribution in [0.1, 0.15) is 39.0 Å². The fourth-order valence-electron chi connectivity index (χ4n) is 2.52. The van der Waals surface area contributed by atoms with Gasteiger partial charge in [0.15, 0.2) is 0 Å².